The van der Waals surface area contributed by atoms with Crippen molar-refractivity contribution >= 4 is 5.91 Å². The van der Waals surface area contributed by atoms with Gasteiger partial charge in [-0.3, -0.25) is 4.79 Å². The van der Waals surface area contributed by atoms with Gasteiger partial charge in [-0.15, -0.1) is 0 Å². The average Bonchev–Trinajstić information content (AvgIpc) is 2.58. The van der Waals surface area contributed by atoms with Crippen LogP contribution >= 0.6 is 0 Å². The molecule has 4 N–H and O–H groups in total. The summed E-state index contributed by atoms with van der Waals surface area (Å²) in [4.78, 5) is 11.4. The highest BCUT2D eigenvalue weighted by molar-refractivity contribution is 5.79. The fraction of sp³-hybridized carbons (Fsp3) is 0.889. The van der Waals surface area contributed by atoms with Gasteiger partial charge in [0.15, 0.2) is 6.10 Å². The Bertz CT molecular complexity index is 258. The first-order chi connectivity index (χ1) is 7.32. The number of rotatable bonds is 3. The largest absolute Gasteiger partial charge is 0.416 e. The van der Waals surface area contributed by atoms with Crippen LogP contribution in [0.25, 0.3) is 0 Å². The Morgan fingerprint density at radius 3 is 2.56 bits per heavy atom. The van der Waals surface area contributed by atoms with E-state index < -0.39 is 30.7 Å². The Labute approximate surface area is 91.0 Å². The van der Waals surface area contributed by atoms with Crippen molar-refractivity contribution in [1.29, 1.82) is 0 Å². The lowest BCUT2D eigenvalue weighted by molar-refractivity contribution is -0.202. The van der Waals surface area contributed by atoms with Crippen LogP contribution in [0.1, 0.15) is 19.3 Å². The summed E-state index contributed by atoms with van der Waals surface area (Å²) in [6.07, 6.45) is -5.12. The van der Waals surface area contributed by atoms with Crippen LogP contribution in [0.4, 0.5) is 13.2 Å². The van der Waals surface area contributed by atoms with Crippen molar-refractivity contribution in [3.63, 3.8) is 0 Å². The molecule has 1 rings (SSSR count). The quantitative estimate of drug-likeness (QED) is 0.657. The number of aliphatic hydroxyl groups excluding tert-OH is 1. The molecule has 0 heterocycles. The summed E-state index contributed by atoms with van der Waals surface area (Å²) in [5.74, 6) is -0.936. The van der Waals surface area contributed by atoms with E-state index in [9.17, 15) is 18.0 Å². The Morgan fingerprint density at radius 2 is 2.12 bits per heavy atom. The normalized spacial score (nSPS) is 27.8. The van der Waals surface area contributed by atoms with E-state index in [1.165, 1.54) is 0 Å². The highest BCUT2D eigenvalue weighted by Crippen LogP contribution is 2.24. The second-order valence-electron chi connectivity index (χ2n) is 4.00. The number of nitrogens with one attached hydrogen (secondary N) is 1. The molecule has 0 bridgehead atoms. The number of amides is 1. The summed E-state index contributed by atoms with van der Waals surface area (Å²) in [7, 11) is 0. The van der Waals surface area contributed by atoms with Gasteiger partial charge < -0.3 is 16.2 Å². The molecule has 3 atom stereocenters. The van der Waals surface area contributed by atoms with Gasteiger partial charge in [0, 0.05) is 6.04 Å². The molecule has 0 aromatic carbocycles. The van der Waals surface area contributed by atoms with E-state index in [1.54, 1.807) is 0 Å². The van der Waals surface area contributed by atoms with Crippen LogP contribution in [0.3, 0.4) is 0 Å². The summed E-state index contributed by atoms with van der Waals surface area (Å²) in [6.45, 7) is -0.814. The fourth-order valence-electron chi connectivity index (χ4n) is 1.76. The molecule has 0 aliphatic heterocycles. The summed E-state index contributed by atoms with van der Waals surface area (Å²) < 4.78 is 35.8. The lowest BCUT2D eigenvalue weighted by Gasteiger charge is -2.18. The maximum Gasteiger partial charge on any atom is 0.416 e. The molecule has 4 nitrogen and oxygen atoms in total. The molecule has 16 heavy (non-hydrogen) atoms. The molecule has 0 aromatic rings. The minimum atomic E-state index is -4.70. The van der Waals surface area contributed by atoms with Gasteiger partial charge in [-0.2, -0.15) is 13.2 Å². The van der Waals surface area contributed by atoms with Crippen LogP contribution in [-0.4, -0.2) is 35.9 Å². The van der Waals surface area contributed by atoms with E-state index >= 15 is 0 Å². The molecule has 0 saturated heterocycles. The molecule has 0 spiro atoms. The molecule has 94 valence electrons. The molecular weight excluding hydrogens is 225 g/mol. The van der Waals surface area contributed by atoms with Crippen LogP contribution < -0.4 is 11.1 Å². The number of nitrogens with two attached hydrogens (primary N) is 1. The molecular formula is C9H15F3N2O2. The Morgan fingerprint density at radius 1 is 1.50 bits per heavy atom. The molecule has 1 fully saturated rings. The topological polar surface area (TPSA) is 75.4 Å². The highest BCUT2D eigenvalue weighted by Gasteiger charge is 2.39. The molecule has 7 heteroatoms. The Kier molecular flexibility index (Phi) is 4.15. The molecule has 3 unspecified atom stereocenters. The van der Waals surface area contributed by atoms with Crippen molar-refractivity contribution in [3.8, 4) is 0 Å². The first kappa shape index (κ1) is 13.2. The van der Waals surface area contributed by atoms with E-state index in [2.05, 4.69) is 5.32 Å². The van der Waals surface area contributed by atoms with Gasteiger partial charge in [0.2, 0.25) is 5.91 Å². The summed E-state index contributed by atoms with van der Waals surface area (Å²) in [5.41, 5.74) is 5.63. The van der Waals surface area contributed by atoms with E-state index in [0.717, 1.165) is 6.42 Å². The molecule has 1 aliphatic carbocycles. The fourth-order valence-corrected chi connectivity index (χ4v) is 1.76. The Hall–Kier alpha value is -0.820. The van der Waals surface area contributed by atoms with Crippen molar-refractivity contribution in [3.05, 3.63) is 0 Å². The second kappa shape index (κ2) is 5.01. The van der Waals surface area contributed by atoms with Gasteiger partial charge in [0.25, 0.3) is 0 Å². The number of alkyl halides is 3. The van der Waals surface area contributed by atoms with Gasteiger partial charge in [-0.1, -0.05) is 6.42 Å². The number of carbonyl (C=O) groups excluding carboxylic acids is 1. The zero-order chi connectivity index (χ0) is 12.3. The van der Waals surface area contributed by atoms with E-state index in [0.29, 0.717) is 12.8 Å². The van der Waals surface area contributed by atoms with E-state index in [-0.39, 0.29) is 6.04 Å². The van der Waals surface area contributed by atoms with Crippen molar-refractivity contribution < 1.29 is 23.1 Å². The van der Waals surface area contributed by atoms with Crippen LogP contribution in [0, 0.1) is 5.92 Å². The van der Waals surface area contributed by atoms with Crippen LogP contribution in [-0.2, 0) is 4.79 Å². The van der Waals surface area contributed by atoms with Crippen LogP contribution in [0.5, 0.6) is 0 Å². The van der Waals surface area contributed by atoms with Gasteiger partial charge in [-0.05, 0) is 12.8 Å². The van der Waals surface area contributed by atoms with E-state index in [1.807, 2.05) is 0 Å². The minimum absolute atomic E-state index is 0.289. The number of hydrogen-bond acceptors (Lipinski definition) is 3. The lowest BCUT2D eigenvalue weighted by atomic mass is 10.0. The monoisotopic (exact) mass is 240 g/mol. The minimum Gasteiger partial charge on any atom is -0.382 e. The third kappa shape index (κ3) is 3.34. The summed E-state index contributed by atoms with van der Waals surface area (Å²) in [6, 6.07) is -0.289. The molecule has 0 aromatic heterocycles. The highest BCUT2D eigenvalue weighted by atomic mass is 19.4. The number of hydrogen-bond donors (Lipinski definition) is 3. The number of halogens is 3. The van der Waals surface area contributed by atoms with Gasteiger partial charge >= 0.3 is 6.18 Å². The van der Waals surface area contributed by atoms with Gasteiger partial charge in [0.1, 0.15) is 0 Å². The molecule has 0 radical (unpaired) electrons. The van der Waals surface area contributed by atoms with Crippen molar-refractivity contribution in [2.24, 2.45) is 11.7 Å². The zero-order valence-electron chi connectivity index (χ0n) is 8.63. The van der Waals surface area contributed by atoms with Crippen molar-refractivity contribution in [1.82, 2.24) is 5.32 Å². The summed E-state index contributed by atoms with van der Waals surface area (Å²) in [5, 5.41) is 10.7. The third-order valence-electron chi connectivity index (χ3n) is 2.75. The predicted octanol–water partition coefficient (Wildman–Crippen LogP) is 0.153. The molecule has 1 amide bonds. The second-order valence-corrected chi connectivity index (χ2v) is 4.00. The van der Waals surface area contributed by atoms with Gasteiger partial charge in [0.05, 0.1) is 12.5 Å². The number of carbonyl (C=O) groups is 1. The maximum atomic E-state index is 11.9. The molecule has 1 saturated carbocycles. The van der Waals surface area contributed by atoms with Crippen molar-refractivity contribution in [2.75, 3.05) is 6.54 Å². The van der Waals surface area contributed by atoms with Crippen molar-refractivity contribution in [2.45, 2.75) is 37.6 Å². The standard InChI is InChI=1S/C9H15F3N2O2/c10-9(11,12)7(15)4-14-8(16)5-2-1-3-6(5)13/h5-7,15H,1-4,13H2,(H,14,16). The summed E-state index contributed by atoms with van der Waals surface area (Å²) >= 11 is 0. The van der Waals surface area contributed by atoms with Crippen LogP contribution in [0.15, 0.2) is 0 Å². The zero-order valence-corrected chi connectivity index (χ0v) is 8.63. The lowest BCUT2D eigenvalue weighted by Crippen LogP contribution is -2.45. The first-order valence-electron chi connectivity index (χ1n) is 5.10. The smallest absolute Gasteiger partial charge is 0.382 e. The third-order valence-corrected chi connectivity index (χ3v) is 2.75. The SMILES string of the molecule is NC1CCCC1C(=O)NCC(O)C(F)(F)F. The van der Waals surface area contributed by atoms with E-state index in [4.69, 9.17) is 10.8 Å². The average molecular weight is 240 g/mol. The maximum absolute atomic E-state index is 11.9. The van der Waals surface area contributed by atoms with Gasteiger partial charge in [-0.25, -0.2) is 0 Å². The molecule has 1 aliphatic rings. The first-order valence-corrected chi connectivity index (χ1v) is 5.10. The van der Waals surface area contributed by atoms with Crippen LogP contribution in [0.2, 0.25) is 0 Å². The Balaban J connectivity index is 2.35. The predicted molar refractivity (Wildman–Crippen MR) is 50.4 cm³/mol. The number of aliphatic hydroxyl groups is 1.